The Balaban J connectivity index is 1.42. The summed E-state index contributed by atoms with van der Waals surface area (Å²) in [6, 6.07) is 13.2. The van der Waals surface area contributed by atoms with E-state index in [0.717, 1.165) is 34.1 Å². The van der Waals surface area contributed by atoms with Gasteiger partial charge in [-0.05, 0) is 54.5 Å². The first-order valence-electron chi connectivity index (χ1n) is 8.38. The number of rotatable bonds is 7. The Morgan fingerprint density at radius 1 is 1.11 bits per heavy atom. The van der Waals surface area contributed by atoms with E-state index in [1.54, 1.807) is 0 Å². The predicted molar refractivity (Wildman–Crippen MR) is 115 cm³/mol. The highest BCUT2D eigenvalue weighted by Gasteiger charge is 2.21. The third kappa shape index (κ3) is 5.73. The molecule has 0 radical (unpaired) electrons. The fourth-order valence-electron chi connectivity index (χ4n) is 2.38. The lowest BCUT2D eigenvalue weighted by molar-refractivity contribution is -0.115. The van der Waals surface area contributed by atoms with Crippen LogP contribution in [0, 0.1) is 6.92 Å². The van der Waals surface area contributed by atoms with E-state index >= 15 is 0 Å². The molecule has 0 saturated carbocycles. The van der Waals surface area contributed by atoms with E-state index in [0.29, 0.717) is 22.4 Å². The summed E-state index contributed by atoms with van der Waals surface area (Å²) in [6.07, 6.45) is 2.58. The number of hydrogen-bond donors (Lipinski definition) is 1. The molecule has 0 unspecified atom stereocenters. The van der Waals surface area contributed by atoms with Crippen LogP contribution in [0.3, 0.4) is 0 Å². The molecule has 2 aromatic rings. The summed E-state index contributed by atoms with van der Waals surface area (Å²) in [5.74, 6) is 1.43. The van der Waals surface area contributed by atoms with E-state index in [1.807, 2.05) is 55.5 Å². The Morgan fingerprint density at radius 2 is 1.78 bits per heavy atom. The quantitative estimate of drug-likeness (QED) is 0.389. The fraction of sp³-hybridized carbons (Fsp3) is 0.200. The highest BCUT2D eigenvalue weighted by atomic mass is 35.5. The van der Waals surface area contributed by atoms with Crippen LogP contribution in [0.5, 0.6) is 11.5 Å². The maximum atomic E-state index is 11.7. The van der Waals surface area contributed by atoms with Gasteiger partial charge in [-0.25, -0.2) is 0 Å². The predicted octanol–water partition coefficient (Wildman–Crippen LogP) is 4.99. The molecular weight excluding hydrogens is 402 g/mol. The van der Waals surface area contributed by atoms with Crippen LogP contribution in [0.15, 0.2) is 47.4 Å². The summed E-state index contributed by atoms with van der Waals surface area (Å²) in [7, 11) is 0. The molecule has 0 aromatic heterocycles. The third-order valence-electron chi connectivity index (χ3n) is 3.78. The summed E-state index contributed by atoms with van der Waals surface area (Å²) in [5.41, 5.74) is 1.92. The Hall–Kier alpha value is -2.02. The van der Waals surface area contributed by atoms with Gasteiger partial charge >= 0.3 is 0 Å². The second kappa shape index (κ2) is 9.26. The van der Waals surface area contributed by atoms with Gasteiger partial charge in [-0.2, -0.15) is 0 Å². The zero-order chi connectivity index (χ0) is 19.2. The van der Waals surface area contributed by atoms with Gasteiger partial charge in [0.1, 0.15) is 15.8 Å². The molecule has 3 rings (SSSR count). The van der Waals surface area contributed by atoms with Crippen molar-refractivity contribution in [1.29, 1.82) is 0 Å². The Bertz CT molecular complexity index is 881. The number of nitrogens with one attached hydrogen (secondary N) is 1. The number of carbonyl (C=O) groups is 1. The first-order valence-corrected chi connectivity index (χ1v) is 9.98. The molecule has 1 saturated heterocycles. The number of carbonyl (C=O) groups excluding carboxylic acids is 1. The van der Waals surface area contributed by atoms with Crippen molar-refractivity contribution in [3.63, 3.8) is 0 Å². The molecule has 1 heterocycles. The molecule has 0 aliphatic carbocycles. The second-order valence-electron chi connectivity index (χ2n) is 5.88. The standard InChI is InChI=1S/C20H18ClNO3S2/c1-13-11-16(7-8-17(13)21)25-10-2-9-24-15-5-3-14(4-6-15)12-18-19(23)22-20(26)27-18/h3-8,11-12H,2,9-10H2,1H3,(H,22,23,26). The topological polar surface area (TPSA) is 47.6 Å². The third-order valence-corrected chi connectivity index (χ3v) is 5.36. The fourth-order valence-corrected chi connectivity index (χ4v) is 3.54. The number of thioether (sulfide) groups is 1. The van der Waals surface area contributed by atoms with Crippen molar-refractivity contribution in [3.05, 3.63) is 63.5 Å². The second-order valence-corrected chi connectivity index (χ2v) is 8.01. The molecule has 2 aromatic carbocycles. The van der Waals surface area contributed by atoms with E-state index in [2.05, 4.69) is 5.32 Å². The van der Waals surface area contributed by atoms with Gasteiger partial charge < -0.3 is 14.8 Å². The van der Waals surface area contributed by atoms with Crippen molar-refractivity contribution in [2.24, 2.45) is 0 Å². The number of halogens is 1. The minimum Gasteiger partial charge on any atom is -0.493 e. The van der Waals surface area contributed by atoms with Gasteiger partial charge in [0.15, 0.2) is 0 Å². The Kier molecular flexibility index (Phi) is 6.77. The maximum Gasteiger partial charge on any atom is 0.263 e. The van der Waals surface area contributed by atoms with Gasteiger partial charge in [-0.3, -0.25) is 4.79 Å². The van der Waals surface area contributed by atoms with Crippen LogP contribution in [-0.4, -0.2) is 23.4 Å². The van der Waals surface area contributed by atoms with Crippen molar-refractivity contribution in [3.8, 4) is 11.5 Å². The lowest BCUT2D eigenvalue weighted by Gasteiger charge is -2.09. The zero-order valence-electron chi connectivity index (χ0n) is 14.7. The van der Waals surface area contributed by atoms with Crippen molar-refractivity contribution in [2.75, 3.05) is 13.2 Å². The number of hydrogen-bond acceptors (Lipinski definition) is 5. The molecular formula is C20H18ClNO3S2. The first-order chi connectivity index (χ1) is 13.0. The molecule has 1 aliphatic rings. The lowest BCUT2D eigenvalue weighted by Crippen LogP contribution is -2.17. The van der Waals surface area contributed by atoms with Crippen LogP contribution in [0.1, 0.15) is 17.5 Å². The molecule has 1 N–H and O–H groups in total. The number of benzene rings is 2. The van der Waals surface area contributed by atoms with Crippen LogP contribution in [0.4, 0.5) is 0 Å². The van der Waals surface area contributed by atoms with Crippen LogP contribution in [-0.2, 0) is 4.79 Å². The summed E-state index contributed by atoms with van der Waals surface area (Å²) in [6.45, 7) is 3.07. The van der Waals surface area contributed by atoms with Crippen molar-refractivity contribution >= 4 is 51.9 Å². The van der Waals surface area contributed by atoms with Gasteiger partial charge in [0.25, 0.3) is 5.91 Å². The molecule has 140 valence electrons. The van der Waals surface area contributed by atoms with Gasteiger partial charge in [0.2, 0.25) is 0 Å². The molecule has 0 bridgehead atoms. The average molecular weight is 420 g/mol. The molecule has 1 fully saturated rings. The van der Waals surface area contributed by atoms with E-state index < -0.39 is 0 Å². The number of ether oxygens (including phenoxy) is 2. The average Bonchev–Trinajstić information content (AvgIpc) is 2.96. The Morgan fingerprint density at radius 3 is 2.41 bits per heavy atom. The van der Waals surface area contributed by atoms with Crippen molar-refractivity contribution in [2.45, 2.75) is 13.3 Å². The van der Waals surface area contributed by atoms with Crippen molar-refractivity contribution < 1.29 is 14.3 Å². The monoisotopic (exact) mass is 419 g/mol. The SMILES string of the molecule is Cc1cc(OCCCOc2ccc(C=C3SC(=S)NC3=O)cc2)ccc1Cl. The number of amides is 1. The van der Waals surface area contributed by atoms with Crippen LogP contribution < -0.4 is 14.8 Å². The van der Waals surface area contributed by atoms with E-state index in [9.17, 15) is 4.79 Å². The molecule has 0 atom stereocenters. The molecule has 4 nitrogen and oxygen atoms in total. The normalized spacial score (nSPS) is 15.1. The molecule has 1 aliphatic heterocycles. The van der Waals surface area contributed by atoms with Gasteiger partial charge in [-0.1, -0.05) is 47.7 Å². The van der Waals surface area contributed by atoms with E-state index in [1.165, 1.54) is 11.8 Å². The van der Waals surface area contributed by atoms with Gasteiger partial charge in [0, 0.05) is 11.4 Å². The van der Waals surface area contributed by atoms with Crippen LogP contribution in [0.25, 0.3) is 6.08 Å². The highest BCUT2D eigenvalue weighted by molar-refractivity contribution is 8.26. The van der Waals surface area contributed by atoms with Crippen molar-refractivity contribution in [1.82, 2.24) is 5.32 Å². The first kappa shape index (κ1) is 19.7. The smallest absolute Gasteiger partial charge is 0.263 e. The number of aryl methyl sites for hydroxylation is 1. The number of thiocarbonyl (C=S) groups is 1. The highest BCUT2D eigenvalue weighted by Crippen LogP contribution is 2.26. The molecule has 1 amide bonds. The minimum atomic E-state index is -0.152. The summed E-state index contributed by atoms with van der Waals surface area (Å²) in [4.78, 5) is 12.3. The zero-order valence-corrected chi connectivity index (χ0v) is 17.0. The Labute approximate surface area is 172 Å². The van der Waals surface area contributed by atoms with E-state index in [4.69, 9.17) is 33.3 Å². The van der Waals surface area contributed by atoms with E-state index in [-0.39, 0.29) is 5.91 Å². The molecule has 7 heteroatoms. The largest absolute Gasteiger partial charge is 0.493 e. The molecule has 27 heavy (non-hydrogen) atoms. The molecule has 0 spiro atoms. The van der Waals surface area contributed by atoms with Crippen LogP contribution in [0.2, 0.25) is 5.02 Å². The summed E-state index contributed by atoms with van der Waals surface area (Å²) < 4.78 is 11.9. The minimum absolute atomic E-state index is 0.152. The maximum absolute atomic E-state index is 11.7. The summed E-state index contributed by atoms with van der Waals surface area (Å²) in [5, 5.41) is 3.34. The van der Waals surface area contributed by atoms with Crippen LogP contribution >= 0.6 is 35.6 Å². The lowest BCUT2D eigenvalue weighted by atomic mass is 10.2. The summed E-state index contributed by atoms with van der Waals surface area (Å²) >= 11 is 12.2. The van der Waals surface area contributed by atoms with Gasteiger partial charge in [0.05, 0.1) is 18.1 Å². The van der Waals surface area contributed by atoms with Gasteiger partial charge in [-0.15, -0.1) is 0 Å².